The number of rotatable bonds is 7. The van der Waals surface area contributed by atoms with Gasteiger partial charge in [-0.25, -0.2) is 0 Å². The van der Waals surface area contributed by atoms with E-state index in [0.717, 1.165) is 28.6 Å². The van der Waals surface area contributed by atoms with Crippen molar-refractivity contribution in [3.05, 3.63) is 78.2 Å². The molecule has 7 heteroatoms. The molecule has 0 fully saturated rings. The monoisotopic (exact) mass is 403 g/mol. The summed E-state index contributed by atoms with van der Waals surface area (Å²) in [5.41, 5.74) is 4.30. The van der Waals surface area contributed by atoms with Gasteiger partial charge in [-0.2, -0.15) is 0 Å². The van der Waals surface area contributed by atoms with Crippen molar-refractivity contribution in [2.75, 3.05) is 12.3 Å². The van der Waals surface area contributed by atoms with Crippen molar-refractivity contribution in [1.82, 2.24) is 25.1 Å². The number of aryl methyl sites for hydroxylation is 1. The molecule has 0 saturated carbocycles. The van der Waals surface area contributed by atoms with Gasteiger partial charge < -0.3 is 5.32 Å². The molecule has 1 N–H and O–H groups in total. The smallest absolute Gasteiger partial charge is 0.230 e. The topological polar surface area (TPSA) is 72.7 Å². The highest BCUT2D eigenvalue weighted by molar-refractivity contribution is 7.99. The number of pyridine rings is 1. The number of benzene rings is 2. The van der Waals surface area contributed by atoms with Crippen LogP contribution in [0.3, 0.4) is 0 Å². The molecule has 4 rings (SSSR count). The van der Waals surface area contributed by atoms with E-state index in [-0.39, 0.29) is 5.91 Å². The zero-order valence-electron chi connectivity index (χ0n) is 16.1. The van der Waals surface area contributed by atoms with Gasteiger partial charge in [0.2, 0.25) is 5.91 Å². The number of aromatic nitrogens is 4. The lowest BCUT2D eigenvalue weighted by molar-refractivity contribution is -0.118. The average Bonchev–Trinajstić information content (AvgIpc) is 3.22. The number of hydrogen-bond acceptors (Lipinski definition) is 5. The summed E-state index contributed by atoms with van der Waals surface area (Å²) in [7, 11) is 0. The summed E-state index contributed by atoms with van der Waals surface area (Å²) in [5, 5.41) is 12.9. The van der Waals surface area contributed by atoms with E-state index in [2.05, 4.69) is 26.6 Å². The van der Waals surface area contributed by atoms with Gasteiger partial charge in [-0.1, -0.05) is 53.7 Å². The summed E-state index contributed by atoms with van der Waals surface area (Å²) < 4.78 is 1.89. The second-order valence-electron chi connectivity index (χ2n) is 6.70. The zero-order valence-corrected chi connectivity index (χ0v) is 16.9. The van der Waals surface area contributed by atoms with Crippen molar-refractivity contribution >= 4 is 28.6 Å². The van der Waals surface area contributed by atoms with Gasteiger partial charge in [0.25, 0.3) is 0 Å². The van der Waals surface area contributed by atoms with Crippen LogP contribution in [0, 0.1) is 6.92 Å². The molecule has 146 valence electrons. The standard InChI is InChI=1S/C22H21N5OS/c1-16-7-9-19(10-8-16)27-15-25-26-22(27)29-14-20(28)23-13-11-18-5-2-4-17-6-3-12-24-21(17)18/h2-10,12,15H,11,13-14H2,1H3,(H,23,28). The fourth-order valence-corrected chi connectivity index (χ4v) is 3.85. The van der Waals surface area contributed by atoms with E-state index in [1.807, 2.05) is 60.0 Å². The SMILES string of the molecule is Cc1ccc(-n2cnnc2SCC(=O)NCCc2cccc3cccnc23)cc1. The Morgan fingerprint density at radius 3 is 2.79 bits per heavy atom. The molecule has 0 aliphatic carbocycles. The molecule has 0 atom stereocenters. The van der Waals surface area contributed by atoms with Crippen molar-refractivity contribution in [2.24, 2.45) is 0 Å². The van der Waals surface area contributed by atoms with E-state index in [9.17, 15) is 4.79 Å². The van der Waals surface area contributed by atoms with Crippen LogP contribution in [-0.2, 0) is 11.2 Å². The second-order valence-corrected chi connectivity index (χ2v) is 7.64. The van der Waals surface area contributed by atoms with Crippen molar-refractivity contribution in [1.29, 1.82) is 0 Å². The maximum atomic E-state index is 12.3. The molecule has 0 aliphatic rings. The molecule has 0 unspecified atom stereocenters. The highest BCUT2D eigenvalue weighted by Gasteiger charge is 2.10. The first kappa shape index (κ1) is 19.1. The van der Waals surface area contributed by atoms with Crippen LogP contribution >= 0.6 is 11.8 Å². The second kappa shape index (κ2) is 8.87. The Balaban J connectivity index is 1.31. The number of fused-ring (bicyclic) bond motifs is 1. The number of hydrogen-bond donors (Lipinski definition) is 1. The average molecular weight is 404 g/mol. The third kappa shape index (κ3) is 4.63. The Morgan fingerprint density at radius 2 is 1.93 bits per heavy atom. The van der Waals surface area contributed by atoms with Gasteiger partial charge in [0.1, 0.15) is 6.33 Å². The van der Waals surface area contributed by atoms with Crippen LogP contribution in [0.15, 0.2) is 72.3 Å². The first-order valence-corrected chi connectivity index (χ1v) is 10.4. The van der Waals surface area contributed by atoms with Crippen molar-refractivity contribution in [3.8, 4) is 5.69 Å². The summed E-state index contributed by atoms with van der Waals surface area (Å²) in [6.45, 7) is 2.62. The molecule has 2 aromatic carbocycles. The number of para-hydroxylation sites is 1. The van der Waals surface area contributed by atoms with Crippen molar-refractivity contribution < 1.29 is 4.79 Å². The van der Waals surface area contributed by atoms with Crippen molar-refractivity contribution in [2.45, 2.75) is 18.5 Å². The Hall–Kier alpha value is -3.19. The predicted octanol–water partition coefficient (Wildman–Crippen LogP) is 3.57. The Kier molecular flexibility index (Phi) is 5.86. The lowest BCUT2D eigenvalue weighted by Gasteiger charge is -2.08. The first-order valence-electron chi connectivity index (χ1n) is 9.40. The summed E-state index contributed by atoms with van der Waals surface area (Å²) >= 11 is 1.37. The number of amides is 1. The van der Waals surface area contributed by atoms with E-state index in [1.54, 1.807) is 12.5 Å². The van der Waals surface area contributed by atoms with Crippen LogP contribution in [0.1, 0.15) is 11.1 Å². The van der Waals surface area contributed by atoms with Gasteiger partial charge in [-0.15, -0.1) is 10.2 Å². The van der Waals surface area contributed by atoms with E-state index in [4.69, 9.17) is 0 Å². The Bertz CT molecular complexity index is 1120. The van der Waals surface area contributed by atoms with E-state index >= 15 is 0 Å². The fraction of sp³-hybridized carbons (Fsp3) is 0.182. The largest absolute Gasteiger partial charge is 0.355 e. The van der Waals surface area contributed by atoms with Gasteiger partial charge in [0, 0.05) is 23.8 Å². The van der Waals surface area contributed by atoms with Gasteiger partial charge in [0.15, 0.2) is 5.16 Å². The van der Waals surface area contributed by atoms with Crippen LogP contribution in [0.4, 0.5) is 0 Å². The molecule has 2 heterocycles. The molecule has 0 bridgehead atoms. The molecule has 6 nitrogen and oxygen atoms in total. The van der Waals surface area contributed by atoms with Gasteiger partial charge >= 0.3 is 0 Å². The Labute approximate surface area is 173 Å². The summed E-state index contributed by atoms with van der Waals surface area (Å²) in [6, 6.07) is 18.2. The third-order valence-corrected chi connectivity index (χ3v) is 5.54. The lowest BCUT2D eigenvalue weighted by Crippen LogP contribution is -2.27. The molecule has 0 saturated heterocycles. The van der Waals surface area contributed by atoms with E-state index < -0.39 is 0 Å². The fourth-order valence-electron chi connectivity index (χ4n) is 3.09. The van der Waals surface area contributed by atoms with Crippen LogP contribution in [0.5, 0.6) is 0 Å². The molecule has 0 aliphatic heterocycles. The minimum atomic E-state index is -0.0262. The highest BCUT2D eigenvalue weighted by atomic mass is 32.2. The third-order valence-electron chi connectivity index (χ3n) is 4.59. The molecule has 0 radical (unpaired) electrons. The van der Waals surface area contributed by atoms with E-state index in [1.165, 1.54) is 17.3 Å². The molecular weight excluding hydrogens is 382 g/mol. The quantitative estimate of drug-likeness (QED) is 0.478. The zero-order chi connectivity index (χ0) is 20.1. The summed E-state index contributed by atoms with van der Waals surface area (Å²) in [5.74, 6) is 0.264. The molecule has 0 spiro atoms. The maximum absolute atomic E-state index is 12.3. The number of carbonyl (C=O) groups is 1. The number of nitrogens with one attached hydrogen (secondary N) is 1. The van der Waals surface area contributed by atoms with Gasteiger partial charge in [0.05, 0.1) is 11.3 Å². The number of thioether (sulfide) groups is 1. The Morgan fingerprint density at radius 1 is 1.10 bits per heavy atom. The van der Waals surface area contributed by atoms with Gasteiger partial charge in [-0.3, -0.25) is 14.3 Å². The molecular formula is C22H21N5OS. The summed E-state index contributed by atoms with van der Waals surface area (Å²) in [6.07, 6.45) is 4.20. The van der Waals surface area contributed by atoms with Gasteiger partial charge in [-0.05, 0) is 37.1 Å². The normalized spacial score (nSPS) is 10.9. The minimum Gasteiger partial charge on any atom is -0.355 e. The molecule has 2 aromatic heterocycles. The molecule has 1 amide bonds. The molecule has 4 aromatic rings. The van der Waals surface area contributed by atoms with Crippen LogP contribution in [0.2, 0.25) is 0 Å². The summed E-state index contributed by atoms with van der Waals surface area (Å²) in [4.78, 5) is 16.7. The minimum absolute atomic E-state index is 0.0262. The highest BCUT2D eigenvalue weighted by Crippen LogP contribution is 2.20. The van der Waals surface area contributed by atoms with Crippen LogP contribution < -0.4 is 5.32 Å². The first-order chi connectivity index (χ1) is 14.2. The lowest BCUT2D eigenvalue weighted by atomic mass is 10.1. The number of nitrogens with zero attached hydrogens (tertiary/aromatic N) is 4. The number of carbonyl (C=O) groups excluding carboxylic acids is 1. The molecule has 29 heavy (non-hydrogen) atoms. The predicted molar refractivity (Wildman–Crippen MR) is 115 cm³/mol. The van der Waals surface area contributed by atoms with Crippen LogP contribution in [0.25, 0.3) is 16.6 Å². The van der Waals surface area contributed by atoms with E-state index in [0.29, 0.717) is 17.5 Å². The van der Waals surface area contributed by atoms with Crippen molar-refractivity contribution in [3.63, 3.8) is 0 Å². The van der Waals surface area contributed by atoms with Crippen LogP contribution in [-0.4, -0.2) is 38.0 Å². The maximum Gasteiger partial charge on any atom is 0.230 e.